The molecule has 20 heavy (non-hydrogen) atoms. The maximum atomic E-state index is 12.7. The lowest BCUT2D eigenvalue weighted by Crippen LogP contribution is -2.28. The molecule has 2 rings (SSSR count). The number of carbonyl (C=O) groups excluding carboxylic acids is 1. The van der Waals surface area contributed by atoms with Gasteiger partial charge in [0.15, 0.2) is 0 Å². The average Bonchev–Trinajstić information content (AvgIpc) is 2.48. The second kappa shape index (κ2) is 7.06. The predicted molar refractivity (Wildman–Crippen MR) is 78.1 cm³/mol. The monoisotopic (exact) mass is 291 g/mol. The fourth-order valence-electron chi connectivity index (χ4n) is 1.83. The lowest BCUT2D eigenvalue weighted by atomic mass is 10.1. The van der Waals surface area contributed by atoms with E-state index < -0.39 is 0 Å². The number of hydrogen-bond donors (Lipinski definition) is 1. The molecule has 104 valence electrons. The predicted octanol–water partition coefficient (Wildman–Crippen LogP) is 3.46. The molecule has 2 nitrogen and oxygen atoms in total. The summed E-state index contributed by atoms with van der Waals surface area (Å²) in [5.74, 6) is -0.433. The highest BCUT2D eigenvalue weighted by atomic mass is 35.5. The van der Waals surface area contributed by atoms with Crippen LogP contribution in [0.5, 0.6) is 0 Å². The van der Waals surface area contributed by atoms with Crippen molar-refractivity contribution in [2.24, 2.45) is 0 Å². The topological polar surface area (TPSA) is 29.1 Å². The Balaban J connectivity index is 1.82. The van der Waals surface area contributed by atoms with Crippen molar-refractivity contribution >= 4 is 17.5 Å². The van der Waals surface area contributed by atoms with Crippen LogP contribution in [0.25, 0.3) is 0 Å². The lowest BCUT2D eigenvalue weighted by molar-refractivity contribution is -0.120. The van der Waals surface area contributed by atoms with E-state index in [2.05, 4.69) is 5.32 Å². The second-order valence-corrected chi connectivity index (χ2v) is 5.01. The zero-order valence-electron chi connectivity index (χ0n) is 10.9. The number of hydrogen-bond acceptors (Lipinski definition) is 1. The molecule has 1 atom stereocenters. The Kier molecular flexibility index (Phi) is 5.13. The first-order chi connectivity index (χ1) is 9.65. The third kappa shape index (κ3) is 4.35. The van der Waals surface area contributed by atoms with Crippen LogP contribution >= 0.6 is 11.6 Å². The number of rotatable bonds is 5. The summed E-state index contributed by atoms with van der Waals surface area (Å²) in [6.45, 7) is 0.367. The molecule has 0 spiro atoms. The van der Waals surface area contributed by atoms with Gasteiger partial charge in [-0.1, -0.05) is 42.5 Å². The molecule has 0 radical (unpaired) electrons. The summed E-state index contributed by atoms with van der Waals surface area (Å²) in [4.78, 5) is 11.8. The summed E-state index contributed by atoms with van der Waals surface area (Å²) in [5.41, 5.74) is 1.74. The van der Waals surface area contributed by atoms with Crippen molar-refractivity contribution in [3.63, 3.8) is 0 Å². The van der Waals surface area contributed by atoms with Crippen LogP contribution in [-0.4, -0.2) is 12.5 Å². The highest BCUT2D eigenvalue weighted by molar-refractivity contribution is 6.21. The molecule has 0 saturated carbocycles. The van der Waals surface area contributed by atoms with Crippen molar-refractivity contribution in [1.82, 2.24) is 5.32 Å². The zero-order chi connectivity index (χ0) is 14.4. The van der Waals surface area contributed by atoms with Gasteiger partial charge in [-0.3, -0.25) is 4.79 Å². The molecule has 0 aliphatic rings. The fraction of sp³-hybridized carbons (Fsp3) is 0.188. The van der Waals surface area contributed by atoms with Crippen LogP contribution < -0.4 is 5.32 Å². The molecule has 0 aromatic heterocycles. The molecule has 0 aliphatic carbocycles. The van der Waals surface area contributed by atoms with Gasteiger partial charge < -0.3 is 5.32 Å². The van der Waals surface area contributed by atoms with Gasteiger partial charge in [-0.25, -0.2) is 4.39 Å². The summed E-state index contributed by atoms with van der Waals surface area (Å²) in [6, 6.07) is 15.5. The van der Waals surface area contributed by atoms with Gasteiger partial charge in [-0.15, -0.1) is 11.6 Å². The van der Waals surface area contributed by atoms with Gasteiger partial charge in [0, 0.05) is 6.54 Å². The van der Waals surface area contributed by atoms with Crippen LogP contribution in [0.3, 0.4) is 0 Å². The highest BCUT2D eigenvalue weighted by Gasteiger charge is 2.09. The van der Waals surface area contributed by atoms with Crippen LogP contribution in [0.1, 0.15) is 16.5 Å². The molecule has 2 aromatic rings. The van der Waals surface area contributed by atoms with E-state index >= 15 is 0 Å². The summed E-state index contributed by atoms with van der Waals surface area (Å²) in [7, 11) is 0. The standard InChI is InChI=1S/C16H15ClFNO/c17-15(13-4-2-1-3-5-13)11-19-16(20)10-12-6-8-14(18)9-7-12/h1-9,15H,10-11H2,(H,19,20). The minimum Gasteiger partial charge on any atom is -0.354 e. The third-order valence-corrected chi connectivity index (χ3v) is 3.32. The van der Waals surface area contributed by atoms with Crippen LogP contribution in [0.2, 0.25) is 0 Å². The van der Waals surface area contributed by atoms with Crippen LogP contribution in [-0.2, 0) is 11.2 Å². The highest BCUT2D eigenvalue weighted by Crippen LogP contribution is 2.18. The van der Waals surface area contributed by atoms with Crippen LogP contribution in [0, 0.1) is 5.82 Å². The molecular formula is C16H15ClFNO. The number of nitrogens with one attached hydrogen (secondary N) is 1. The Morgan fingerprint density at radius 1 is 1.10 bits per heavy atom. The molecule has 0 heterocycles. The van der Waals surface area contributed by atoms with Crippen molar-refractivity contribution in [3.05, 3.63) is 71.5 Å². The Bertz CT molecular complexity index is 556. The number of alkyl halides is 1. The number of carbonyl (C=O) groups is 1. The lowest BCUT2D eigenvalue weighted by Gasteiger charge is -2.11. The van der Waals surface area contributed by atoms with Gasteiger partial charge in [0.25, 0.3) is 0 Å². The fourth-order valence-corrected chi connectivity index (χ4v) is 2.06. The Labute approximate surface area is 122 Å². The van der Waals surface area contributed by atoms with Crippen molar-refractivity contribution in [2.45, 2.75) is 11.8 Å². The molecule has 2 aromatic carbocycles. The molecule has 0 aliphatic heterocycles. The minimum atomic E-state index is -0.306. The third-order valence-electron chi connectivity index (χ3n) is 2.92. The maximum absolute atomic E-state index is 12.7. The van der Waals surface area contributed by atoms with E-state index in [1.54, 1.807) is 12.1 Å². The quantitative estimate of drug-likeness (QED) is 0.840. The number of halogens is 2. The molecule has 4 heteroatoms. The average molecular weight is 292 g/mol. The van der Waals surface area contributed by atoms with E-state index in [4.69, 9.17) is 11.6 Å². The zero-order valence-corrected chi connectivity index (χ0v) is 11.6. The Hall–Kier alpha value is -1.87. The van der Waals surface area contributed by atoms with Gasteiger partial charge in [0.2, 0.25) is 5.91 Å². The van der Waals surface area contributed by atoms with E-state index in [-0.39, 0.29) is 23.5 Å². The summed E-state index contributed by atoms with van der Waals surface area (Å²) >= 11 is 6.21. The van der Waals surface area contributed by atoms with Crippen molar-refractivity contribution in [2.75, 3.05) is 6.54 Å². The van der Waals surface area contributed by atoms with Gasteiger partial charge in [-0.05, 0) is 23.3 Å². The number of benzene rings is 2. The first-order valence-corrected chi connectivity index (χ1v) is 6.79. The van der Waals surface area contributed by atoms with E-state index in [1.807, 2.05) is 30.3 Å². The molecular weight excluding hydrogens is 277 g/mol. The molecule has 0 saturated heterocycles. The smallest absolute Gasteiger partial charge is 0.224 e. The van der Waals surface area contributed by atoms with E-state index in [0.29, 0.717) is 6.54 Å². The molecule has 1 unspecified atom stereocenters. The van der Waals surface area contributed by atoms with Gasteiger partial charge in [0.1, 0.15) is 5.82 Å². The van der Waals surface area contributed by atoms with E-state index in [0.717, 1.165) is 11.1 Å². The SMILES string of the molecule is O=C(Cc1ccc(F)cc1)NCC(Cl)c1ccccc1. The minimum absolute atomic E-state index is 0.127. The van der Waals surface area contributed by atoms with Crippen LogP contribution in [0.4, 0.5) is 4.39 Å². The van der Waals surface area contributed by atoms with Crippen molar-refractivity contribution < 1.29 is 9.18 Å². The Morgan fingerprint density at radius 3 is 2.40 bits per heavy atom. The Morgan fingerprint density at radius 2 is 1.75 bits per heavy atom. The van der Waals surface area contributed by atoms with E-state index in [1.165, 1.54) is 12.1 Å². The maximum Gasteiger partial charge on any atom is 0.224 e. The summed E-state index contributed by atoms with van der Waals surface area (Å²) in [6.07, 6.45) is 0.221. The van der Waals surface area contributed by atoms with Crippen molar-refractivity contribution in [1.29, 1.82) is 0 Å². The normalized spacial score (nSPS) is 11.9. The molecule has 1 N–H and O–H groups in total. The van der Waals surface area contributed by atoms with Crippen LogP contribution in [0.15, 0.2) is 54.6 Å². The first kappa shape index (κ1) is 14.5. The van der Waals surface area contributed by atoms with Crippen molar-refractivity contribution in [3.8, 4) is 0 Å². The van der Waals surface area contributed by atoms with Gasteiger partial charge in [-0.2, -0.15) is 0 Å². The van der Waals surface area contributed by atoms with E-state index in [9.17, 15) is 9.18 Å². The molecule has 1 amide bonds. The second-order valence-electron chi connectivity index (χ2n) is 4.49. The van der Waals surface area contributed by atoms with Gasteiger partial charge in [0.05, 0.1) is 11.8 Å². The molecule has 0 fully saturated rings. The summed E-state index contributed by atoms with van der Waals surface area (Å²) in [5, 5.41) is 2.52. The number of amides is 1. The van der Waals surface area contributed by atoms with Gasteiger partial charge >= 0.3 is 0 Å². The summed E-state index contributed by atoms with van der Waals surface area (Å²) < 4.78 is 12.7. The largest absolute Gasteiger partial charge is 0.354 e. The first-order valence-electron chi connectivity index (χ1n) is 6.35. The molecule has 0 bridgehead atoms.